The third kappa shape index (κ3) is 4.84. The maximum absolute atomic E-state index is 10.7. The fourth-order valence-corrected chi connectivity index (χ4v) is 4.16. The van der Waals surface area contributed by atoms with Crippen molar-refractivity contribution in [3.8, 4) is 5.75 Å². The number of nitrogens with zero attached hydrogens (tertiary/aromatic N) is 3. The van der Waals surface area contributed by atoms with Crippen LogP contribution in [0.4, 0.5) is 0 Å². The smallest absolute Gasteiger partial charge is 0.187 e. The first-order valence-electron chi connectivity index (χ1n) is 10.6. The molecule has 1 aromatic rings. The Labute approximate surface area is 193 Å². The van der Waals surface area contributed by atoms with Gasteiger partial charge in [-0.3, -0.25) is 0 Å². The van der Waals surface area contributed by atoms with Crippen molar-refractivity contribution < 1.29 is 54.0 Å². The number of azide groups is 1. The number of hydrogen-bond donors (Lipinski definition) is 5. The summed E-state index contributed by atoms with van der Waals surface area (Å²) in [6, 6.07) is 6.96. The minimum Gasteiger partial charge on any atom is -0.497 e. The van der Waals surface area contributed by atoms with Crippen LogP contribution in [0.1, 0.15) is 11.9 Å². The first-order valence-corrected chi connectivity index (χ1v) is 10.6. The van der Waals surface area contributed by atoms with E-state index in [2.05, 4.69) is 10.0 Å². The lowest BCUT2D eigenvalue weighted by atomic mass is 9.96. The van der Waals surface area contributed by atoms with Crippen LogP contribution in [-0.4, -0.2) is 107 Å². The highest BCUT2D eigenvalue weighted by Crippen LogP contribution is 2.36. The van der Waals surface area contributed by atoms with Gasteiger partial charge >= 0.3 is 0 Å². The molecule has 3 saturated heterocycles. The molecule has 0 bridgehead atoms. The van der Waals surface area contributed by atoms with Crippen LogP contribution in [0.15, 0.2) is 29.4 Å². The van der Waals surface area contributed by atoms with E-state index in [4.69, 9.17) is 34.0 Å². The topological polar surface area (TPSA) is 205 Å². The summed E-state index contributed by atoms with van der Waals surface area (Å²) in [5, 5.41) is 54.8. The van der Waals surface area contributed by atoms with Gasteiger partial charge in [-0.1, -0.05) is 17.2 Å². The summed E-state index contributed by atoms with van der Waals surface area (Å²) in [6.07, 6.45) is -14.4. The molecule has 1 aromatic carbocycles. The first-order chi connectivity index (χ1) is 16.4. The Balaban J connectivity index is 1.43. The Bertz CT molecular complexity index is 866. The summed E-state index contributed by atoms with van der Waals surface area (Å²) in [5.41, 5.74) is 9.26. The zero-order chi connectivity index (χ0) is 24.4. The van der Waals surface area contributed by atoms with E-state index in [9.17, 15) is 25.5 Å². The summed E-state index contributed by atoms with van der Waals surface area (Å²) < 4.78 is 33.3. The highest BCUT2D eigenvalue weighted by molar-refractivity contribution is 5.28. The average Bonchev–Trinajstić information content (AvgIpc) is 2.86. The molecule has 11 atom stereocenters. The zero-order valence-corrected chi connectivity index (χ0v) is 18.1. The molecule has 0 spiro atoms. The van der Waals surface area contributed by atoms with E-state index in [-0.39, 0.29) is 6.61 Å². The molecule has 34 heavy (non-hydrogen) atoms. The first kappa shape index (κ1) is 25.0. The van der Waals surface area contributed by atoms with Gasteiger partial charge in [-0.25, -0.2) is 0 Å². The van der Waals surface area contributed by atoms with Crippen LogP contribution < -0.4 is 4.74 Å². The lowest BCUT2D eigenvalue weighted by molar-refractivity contribution is -0.378. The van der Waals surface area contributed by atoms with Crippen molar-refractivity contribution in [3.05, 3.63) is 40.3 Å². The van der Waals surface area contributed by atoms with E-state index in [1.54, 1.807) is 31.4 Å². The molecule has 14 heteroatoms. The monoisotopic (exact) mass is 485 g/mol. The number of aliphatic hydroxyl groups excluding tert-OH is 5. The molecule has 0 amide bonds. The Kier molecular flexibility index (Phi) is 7.87. The third-order valence-electron chi connectivity index (χ3n) is 6.02. The van der Waals surface area contributed by atoms with Crippen LogP contribution >= 0.6 is 0 Å². The number of rotatable bonds is 6. The van der Waals surface area contributed by atoms with Gasteiger partial charge in [0.1, 0.15) is 54.6 Å². The van der Waals surface area contributed by atoms with Gasteiger partial charge in [0.2, 0.25) is 0 Å². The summed E-state index contributed by atoms with van der Waals surface area (Å²) in [7, 11) is 1.54. The van der Waals surface area contributed by atoms with Gasteiger partial charge in [0, 0.05) is 10.5 Å². The summed E-state index contributed by atoms with van der Waals surface area (Å²) in [5.74, 6) is 0.653. The highest BCUT2D eigenvalue weighted by Gasteiger charge is 2.52. The fraction of sp³-hybridized carbons (Fsp3) is 0.700. The zero-order valence-electron chi connectivity index (χ0n) is 18.1. The van der Waals surface area contributed by atoms with E-state index < -0.39 is 74.2 Å². The van der Waals surface area contributed by atoms with Crippen molar-refractivity contribution in [2.24, 2.45) is 5.11 Å². The van der Waals surface area contributed by atoms with Crippen molar-refractivity contribution in [3.63, 3.8) is 0 Å². The lowest BCUT2D eigenvalue weighted by Gasteiger charge is -2.48. The van der Waals surface area contributed by atoms with Gasteiger partial charge in [0.05, 0.1) is 20.3 Å². The summed E-state index contributed by atoms with van der Waals surface area (Å²) in [4.78, 5) is 2.53. The molecule has 3 fully saturated rings. The van der Waals surface area contributed by atoms with Crippen LogP contribution in [-0.2, 0) is 23.7 Å². The van der Waals surface area contributed by atoms with E-state index in [1.165, 1.54) is 0 Å². The Morgan fingerprint density at radius 1 is 1.03 bits per heavy atom. The molecule has 188 valence electrons. The Morgan fingerprint density at radius 2 is 1.76 bits per heavy atom. The molecule has 4 rings (SSSR count). The van der Waals surface area contributed by atoms with Crippen molar-refractivity contribution in [2.45, 2.75) is 67.6 Å². The van der Waals surface area contributed by atoms with Gasteiger partial charge < -0.3 is 54.0 Å². The SMILES string of the molecule is COc1ccc([C@@H]2OC[C@H]3O[C@@H](O[C@H]4[C@H](O)[C@@H](O)[C@H](N=[N+]=[N-])O[C@@H]4CO)[C@H](O)[C@@H](O)[C@@H]3O2)cc1. The van der Waals surface area contributed by atoms with Crippen molar-refractivity contribution >= 4 is 0 Å². The maximum atomic E-state index is 10.7. The molecule has 0 aromatic heterocycles. The number of benzene rings is 1. The second kappa shape index (κ2) is 10.7. The Morgan fingerprint density at radius 3 is 2.41 bits per heavy atom. The number of methoxy groups -OCH3 is 1. The van der Waals surface area contributed by atoms with E-state index in [1.807, 2.05) is 0 Å². The molecular weight excluding hydrogens is 458 g/mol. The van der Waals surface area contributed by atoms with E-state index in [0.717, 1.165) is 0 Å². The predicted molar refractivity (Wildman–Crippen MR) is 109 cm³/mol. The average molecular weight is 485 g/mol. The molecule has 0 radical (unpaired) electrons. The van der Waals surface area contributed by atoms with Crippen molar-refractivity contribution in [1.29, 1.82) is 0 Å². The largest absolute Gasteiger partial charge is 0.497 e. The summed E-state index contributed by atoms with van der Waals surface area (Å²) in [6.45, 7) is -0.654. The quantitative estimate of drug-likeness (QED) is 0.182. The normalized spacial score (nSPS) is 42.4. The van der Waals surface area contributed by atoms with Gasteiger partial charge in [-0.15, -0.1) is 0 Å². The summed E-state index contributed by atoms with van der Waals surface area (Å²) >= 11 is 0. The maximum Gasteiger partial charge on any atom is 0.187 e. The van der Waals surface area contributed by atoms with Crippen LogP contribution in [0.25, 0.3) is 10.4 Å². The molecule has 3 aliphatic heterocycles. The minimum absolute atomic E-state index is 0.000263. The fourth-order valence-electron chi connectivity index (χ4n) is 4.16. The third-order valence-corrected chi connectivity index (χ3v) is 6.02. The van der Waals surface area contributed by atoms with Gasteiger partial charge in [0.25, 0.3) is 0 Å². The predicted octanol–water partition coefficient (Wildman–Crippen LogP) is -1.31. The molecule has 0 saturated carbocycles. The number of hydrogen-bond acceptors (Lipinski definition) is 12. The molecule has 0 aliphatic carbocycles. The van der Waals surface area contributed by atoms with E-state index >= 15 is 0 Å². The van der Waals surface area contributed by atoms with Crippen LogP contribution in [0.2, 0.25) is 0 Å². The van der Waals surface area contributed by atoms with Crippen LogP contribution in [0.5, 0.6) is 5.75 Å². The standard InChI is InChI=1S/C20H27N3O11/c1-29-9-4-2-8(3-5-9)19-30-7-11-17(33-19)13(26)15(28)20(32-11)34-16-10(6-24)31-18(22-23-21)14(27)12(16)25/h2-5,10-20,24-28H,6-7H2,1H3/t10-,11-,12-,13-,14-,15-,16-,17-,18-,19-,20+/m1/s1. The second-order valence-electron chi connectivity index (χ2n) is 8.10. The minimum atomic E-state index is -1.66. The second-order valence-corrected chi connectivity index (χ2v) is 8.10. The van der Waals surface area contributed by atoms with Crippen LogP contribution in [0.3, 0.4) is 0 Å². The molecular formula is C20H27N3O11. The van der Waals surface area contributed by atoms with Gasteiger partial charge in [-0.05, 0) is 17.7 Å². The molecule has 3 heterocycles. The van der Waals surface area contributed by atoms with Crippen molar-refractivity contribution in [1.82, 2.24) is 0 Å². The molecule has 14 nitrogen and oxygen atoms in total. The number of fused-ring (bicyclic) bond motifs is 1. The molecule has 0 unspecified atom stereocenters. The van der Waals surface area contributed by atoms with Gasteiger partial charge in [-0.2, -0.15) is 0 Å². The number of aliphatic hydroxyl groups is 5. The highest BCUT2D eigenvalue weighted by atomic mass is 16.8. The van der Waals surface area contributed by atoms with Crippen LogP contribution in [0, 0.1) is 0 Å². The van der Waals surface area contributed by atoms with Crippen molar-refractivity contribution in [2.75, 3.05) is 20.3 Å². The van der Waals surface area contributed by atoms with E-state index in [0.29, 0.717) is 11.3 Å². The molecule has 3 aliphatic rings. The Hall–Kier alpha value is -2.07. The molecule has 5 N–H and O–H groups in total. The number of ether oxygens (including phenoxy) is 6. The lowest BCUT2D eigenvalue weighted by Crippen LogP contribution is -2.65. The van der Waals surface area contributed by atoms with Gasteiger partial charge in [0.15, 0.2) is 18.8 Å².